The second kappa shape index (κ2) is 4.39. The highest BCUT2D eigenvalue weighted by molar-refractivity contribution is 5.77. The van der Waals surface area contributed by atoms with Crippen molar-refractivity contribution in [2.75, 3.05) is 33.2 Å². The van der Waals surface area contributed by atoms with Gasteiger partial charge in [-0.2, -0.15) is 0 Å². The van der Waals surface area contributed by atoms with Gasteiger partial charge in [0.2, 0.25) is 5.91 Å². The Kier molecular flexibility index (Phi) is 2.86. The minimum atomic E-state index is 0.319. The Morgan fingerprint density at radius 2 is 1.83 bits per heavy atom. The van der Waals surface area contributed by atoms with Gasteiger partial charge in [-0.1, -0.05) is 30.3 Å². The Morgan fingerprint density at radius 1 is 1.17 bits per heavy atom. The third-order valence-corrected chi connectivity index (χ3v) is 4.09. The molecule has 1 spiro atoms. The highest BCUT2D eigenvalue weighted by atomic mass is 16.2. The molecule has 1 aromatic carbocycles. The Balaban J connectivity index is 1.44. The van der Waals surface area contributed by atoms with Gasteiger partial charge in [-0.05, 0) is 19.0 Å². The number of nitrogens with zero attached hydrogens (tertiary/aromatic N) is 2. The summed E-state index contributed by atoms with van der Waals surface area (Å²) in [6.45, 7) is 4.28. The minimum absolute atomic E-state index is 0.319. The lowest BCUT2D eigenvalue weighted by molar-refractivity contribution is -0.156. The number of carbonyl (C=O) groups excluding carboxylic acids is 1. The zero-order valence-corrected chi connectivity index (χ0v) is 10.9. The summed E-state index contributed by atoms with van der Waals surface area (Å²) in [5, 5.41) is 0. The third-order valence-electron chi connectivity index (χ3n) is 4.09. The summed E-state index contributed by atoms with van der Waals surface area (Å²) >= 11 is 0. The monoisotopic (exact) mass is 244 g/mol. The number of carbonyl (C=O) groups is 1. The molecule has 0 aliphatic carbocycles. The fourth-order valence-corrected chi connectivity index (χ4v) is 3.29. The van der Waals surface area contributed by atoms with Gasteiger partial charge in [0.15, 0.2) is 0 Å². The number of rotatable bonds is 3. The lowest BCUT2D eigenvalue weighted by atomic mass is 9.73. The smallest absolute Gasteiger partial charge is 0.222 e. The van der Waals surface area contributed by atoms with Crippen LogP contribution in [0.25, 0.3) is 0 Å². The number of aryl methyl sites for hydroxylation is 1. The van der Waals surface area contributed by atoms with E-state index in [4.69, 9.17) is 0 Å². The second-order valence-electron chi connectivity index (χ2n) is 5.91. The largest absolute Gasteiger partial charge is 0.341 e. The van der Waals surface area contributed by atoms with Crippen LogP contribution in [0.2, 0.25) is 0 Å². The van der Waals surface area contributed by atoms with Crippen LogP contribution in [0.3, 0.4) is 0 Å². The molecule has 3 rings (SSSR count). The topological polar surface area (TPSA) is 23.6 Å². The summed E-state index contributed by atoms with van der Waals surface area (Å²) in [6.07, 6.45) is 1.51. The van der Waals surface area contributed by atoms with Crippen molar-refractivity contribution in [1.29, 1.82) is 0 Å². The number of amides is 1. The van der Waals surface area contributed by atoms with Gasteiger partial charge in [0.25, 0.3) is 0 Å². The Morgan fingerprint density at radius 3 is 2.44 bits per heavy atom. The van der Waals surface area contributed by atoms with Crippen LogP contribution in [0.4, 0.5) is 0 Å². The normalized spacial score (nSPS) is 21.5. The average Bonchev–Trinajstić information content (AvgIpc) is 2.30. The predicted molar refractivity (Wildman–Crippen MR) is 71.3 cm³/mol. The molecule has 2 aliphatic heterocycles. The van der Waals surface area contributed by atoms with Gasteiger partial charge in [-0.25, -0.2) is 0 Å². The van der Waals surface area contributed by atoms with E-state index < -0.39 is 0 Å². The van der Waals surface area contributed by atoms with Crippen LogP contribution >= 0.6 is 0 Å². The van der Waals surface area contributed by atoms with E-state index in [-0.39, 0.29) is 0 Å². The van der Waals surface area contributed by atoms with Crippen LogP contribution in [0.15, 0.2) is 30.3 Å². The zero-order valence-electron chi connectivity index (χ0n) is 10.9. The highest BCUT2D eigenvalue weighted by Gasteiger charge is 2.51. The molecule has 0 bridgehead atoms. The molecule has 0 radical (unpaired) electrons. The molecule has 2 fully saturated rings. The Hall–Kier alpha value is -1.35. The van der Waals surface area contributed by atoms with Crippen LogP contribution in [0, 0.1) is 5.41 Å². The van der Waals surface area contributed by atoms with Gasteiger partial charge in [-0.15, -0.1) is 0 Å². The predicted octanol–water partition coefficient (Wildman–Crippen LogP) is 1.39. The van der Waals surface area contributed by atoms with Crippen LogP contribution in [-0.2, 0) is 11.2 Å². The van der Waals surface area contributed by atoms with E-state index in [0.717, 1.165) is 32.6 Å². The molecule has 0 unspecified atom stereocenters. The zero-order chi connectivity index (χ0) is 12.6. The maximum absolute atomic E-state index is 12.0. The van der Waals surface area contributed by atoms with Gasteiger partial charge >= 0.3 is 0 Å². The molecule has 0 atom stereocenters. The summed E-state index contributed by atoms with van der Waals surface area (Å²) in [5.74, 6) is 0.319. The molecule has 1 aromatic rings. The van der Waals surface area contributed by atoms with Crippen molar-refractivity contribution < 1.29 is 4.79 Å². The van der Waals surface area contributed by atoms with Crippen LogP contribution in [-0.4, -0.2) is 48.9 Å². The van der Waals surface area contributed by atoms with Crippen molar-refractivity contribution >= 4 is 5.91 Å². The molecule has 3 heteroatoms. The van der Waals surface area contributed by atoms with Gasteiger partial charge in [0.1, 0.15) is 0 Å². The first kappa shape index (κ1) is 11.7. The number of likely N-dealkylation sites (tertiary alicyclic amines) is 2. The summed E-state index contributed by atoms with van der Waals surface area (Å²) in [4.78, 5) is 16.4. The quantitative estimate of drug-likeness (QED) is 0.802. The fourth-order valence-electron chi connectivity index (χ4n) is 3.29. The number of hydrogen-bond donors (Lipinski definition) is 0. The summed E-state index contributed by atoms with van der Waals surface area (Å²) in [6, 6.07) is 10.3. The van der Waals surface area contributed by atoms with E-state index in [1.807, 2.05) is 23.1 Å². The first-order chi connectivity index (χ1) is 8.67. The molecular formula is C15H20N2O. The van der Waals surface area contributed by atoms with Crippen molar-refractivity contribution in [1.82, 2.24) is 9.80 Å². The average molecular weight is 244 g/mol. The third kappa shape index (κ3) is 2.15. The standard InChI is InChI=1S/C15H20N2O/c1-16-9-15(10-16)11-17(12-15)14(18)8-7-13-5-3-2-4-6-13/h2-6H,7-12H2,1H3. The molecular weight excluding hydrogens is 224 g/mol. The molecule has 2 heterocycles. The van der Waals surface area contributed by atoms with E-state index in [1.54, 1.807) is 0 Å². The number of hydrogen-bond acceptors (Lipinski definition) is 2. The van der Waals surface area contributed by atoms with E-state index in [1.165, 1.54) is 5.56 Å². The van der Waals surface area contributed by atoms with E-state index in [2.05, 4.69) is 24.1 Å². The molecule has 2 saturated heterocycles. The molecule has 3 nitrogen and oxygen atoms in total. The maximum Gasteiger partial charge on any atom is 0.222 e. The van der Waals surface area contributed by atoms with Crippen molar-refractivity contribution in [3.63, 3.8) is 0 Å². The second-order valence-corrected chi connectivity index (χ2v) is 5.91. The SMILES string of the molecule is CN1CC2(C1)CN(C(=O)CCc1ccccc1)C2. The molecule has 18 heavy (non-hydrogen) atoms. The van der Waals surface area contributed by atoms with Crippen molar-refractivity contribution in [3.05, 3.63) is 35.9 Å². The lowest BCUT2D eigenvalue weighted by Crippen LogP contribution is -2.72. The first-order valence-electron chi connectivity index (χ1n) is 6.67. The van der Waals surface area contributed by atoms with Gasteiger partial charge in [-0.3, -0.25) is 4.79 Å². The highest BCUT2D eigenvalue weighted by Crippen LogP contribution is 2.38. The lowest BCUT2D eigenvalue weighted by Gasteiger charge is -2.59. The van der Waals surface area contributed by atoms with Crippen molar-refractivity contribution in [2.45, 2.75) is 12.8 Å². The Labute approximate surface area is 108 Å². The van der Waals surface area contributed by atoms with Crippen molar-refractivity contribution in [2.24, 2.45) is 5.41 Å². The molecule has 0 N–H and O–H groups in total. The van der Waals surface area contributed by atoms with Gasteiger partial charge in [0.05, 0.1) is 0 Å². The minimum Gasteiger partial charge on any atom is -0.341 e. The maximum atomic E-state index is 12.0. The Bertz CT molecular complexity index is 429. The molecule has 2 aliphatic rings. The van der Waals surface area contributed by atoms with Crippen LogP contribution in [0.5, 0.6) is 0 Å². The van der Waals surface area contributed by atoms with E-state index in [0.29, 0.717) is 17.7 Å². The summed E-state index contributed by atoms with van der Waals surface area (Å²) in [7, 11) is 2.14. The van der Waals surface area contributed by atoms with Gasteiger partial charge in [0, 0.05) is 38.0 Å². The van der Waals surface area contributed by atoms with Crippen LogP contribution in [0.1, 0.15) is 12.0 Å². The molecule has 0 aromatic heterocycles. The fraction of sp³-hybridized carbons (Fsp3) is 0.533. The molecule has 0 saturated carbocycles. The van der Waals surface area contributed by atoms with E-state index >= 15 is 0 Å². The summed E-state index contributed by atoms with van der Waals surface area (Å²) in [5.41, 5.74) is 1.71. The van der Waals surface area contributed by atoms with Crippen LogP contribution < -0.4 is 0 Å². The van der Waals surface area contributed by atoms with E-state index in [9.17, 15) is 4.79 Å². The first-order valence-corrected chi connectivity index (χ1v) is 6.67. The number of benzene rings is 1. The van der Waals surface area contributed by atoms with Crippen molar-refractivity contribution in [3.8, 4) is 0 Å². The summed E-state index contributed by atoms with van der Waals surface area (Å²) < 4.78 is 0. The molecule has 96 valence electrons. The molecule has 1 amide bonds. The van der Waals surface area contributed by atoms with Gasteiger partial charge < -0.3 is 9.80 Å².